The average Bonchev–Trinajstić information content (AvgIpc) is 3.17. The lowest BCUT2D eigenvalue weighted by Gasteiger charge is -2.02. The first-order chi connectivity index (χ1) is 14.7. The highest BCUT2D eigenvalue weighted by molar-refractivity contribution is 5.94. The number of allylic oxidation sites excluding steroid dienone is 3. The van der Waals surface area contributed by atoms with E-state index < -0.39 is 5.97 Å². The molecule has 8 heteroatoms. The summed E-state index contributed by atoms with van der Waals surface area (Å²) in [7, 11) is 0. The van der Waals surface area contributed by atoms with Crippen molar-refractivity contribution in [2.24, 2.45) is 4.99 Å². The molecular weight excluding hydrogens is 386 g/mol. The number of furan rings is 1. The van der Waals surface area contributed by atoms with Gasteiger partial charge in [-0.15, -0.1) is 0 Å². The predicted molar refractivity (Wildman–Crippen MR) is 111 cm³/mol. The van der Waals surface area contributed by atoms with Gasteiger partial charge in [-0.1, -0.05) is 12.2 Å². The summed E-state index contributed by atoms with van der Waals surface area (Å²) in [5.74, 6) is -1.10. The van der Waals surface area contributed by atoms with E-state index >= 15 is 0 Å². The van der Waals surface area contributed by atoms with E-state index in [4.69, 9.17) is 14.3 Å². The molecule has 0 fully saturated rings. The number of esters is 1. The number of carbonyl (C=O) groups is 1. The lowest BCUT2D eigenvalue weighted by Crippen LogP contribution is -2.17. The van der Waals surface area contributed by atoms with E-state index in [1.807, 2.05) is 6.07 Å². The van der Waals surface area contributed by atoms with Crippen molar-refractivity contribution in [2.75, 3.05) is 13.2 Å². The third-order valence-corrected chi connectivity index (χ3v) is 4.43. The zero-order chi connectivity index (χ0) is 20.9. The molecule has 0 saturated heterocycles. The Kier molecular flexibility index (Phi) is 5.58. The van der Waals surface area contributed by atoms with Gasteiger partial charge in [-0.3, -0.25) is 4.99 Å². The molecule has 0 spiro atoms. The van der Waals surface area contributed by atoms with Crippen LogP contribution in [-0.2, 0) is 4.74 Å². The molecule has 152 valence electrons. The van der Waals surface area contributed by atoms with Crippen LogP contribution >= 0.6 is 0 Å². The molecule has 0 bridgehead atoms. The number of hydrogen-bond donors (Lipinski definition) is 3. The third-order valence-electron chi connectivity index (χ3n) is 4.43. The summed E-state index contributed by atoms with van der Waals surface area (Å²) in [5.41, 5.74) is 1.87. The second kappa shape index (κ2) is 8.62. The second-order valence-electron chi connectivity index (χ2n) is 6.43. The lowest BCUT2D eigenvalue weighted by atomic mass is 10.2. The first-order valence-corrected chi connectivity index (χ1v) is 9.34. The summed E-state index contributed by atoms with van der Waals surface area (Å²) >= 11 is 0. The Balaban J connectivity index is 1.90. The number of nitrogens with one attached hydrogen (secondary N) is 1. The van der Waals surface area contributed by atoms with Gasteiger partial charge in [0.1, 0.15) is 11.3 Å². The monoisotopic (exact) mass is 405 g/mol. The van der Waals surface area contributed by atoms with E-state index in [1.165, 1.54) is 0 Å². The highest BCUT2D eigenvalue weighted by atomic mass is 16.5. The van der Waals surface area contributed by atoms with Crippen molar-refractivity contribution >= 4 is 35.0 Å². The number of aliphatic imine (C=N–C) groups is 1. The highest BCUT2D eigenvalue weighted by Gasteiger charge is 2.22. The van der Waals surface area contributed by atoms with Crippen LogP contribution in [0.15, 0.2) is 58.2 Å². The van der Waals surface area contributed by atoms with E-state index in [-0.39, 0.29) is 35.4 Å². The maximum atomic E-state index is 12.7. The number of nitrogens with zero attached hydrogens (tertiary/aromatic N) is 2. The fourth-order valence-electron chi connectivity index (χ4n) is 3.01. The van der Waals surface area contributed by atoms with E-state index in [0.29, 0.717) is 17.8 Å². The molecule has 1 aliphatic heterocycles. The molecule has 3 aromatic heterocycles. The molecule has 0 atom stereocenters. The Bertz CT molecular complexity index is 1280. The van der Waals surface area contributed by atoms with Gasteiger partial charge in [0.2, 0.25) is 0 Å². The number of aromatic hydroxyl groups is 1. The molecule has 4 rings (SSSR count). The third kappa shape index (κ3) is 3.81. The average molecular weight is 405 g/mol. The van der Waals surface area contributed by atoms with Gasteiger partial charge in [-0.05, 0) is 30.4 Å². The number of fused-ring (bicyclic) bond motifs is 1. The fraction of sp³-hybridized carbons (Fsp3) is 0.136. The van der Waals surface area contributed by atoms with Gasteiger partial charge in [0.05, 0.1) is 6.61 Å². The maximum Gasteiger partial charge on any atom is 0.346 e. The molecule has 0 amide bonds. The molecule has 0 radical (unpaired) electrons. The quantitative estimate of drug-likeness (QED) is 0.437. The zero-order valence-electron chi connectivity index (χ0n) is 15.9. The first kappa shape index (κ1) is 19.4. The molecule has 3 aromatic rings. The number of H-pyrrole nitrogens is 1. The van der Waals surface area contributed by atoms with Crippen molar-refractivity contribution in [1.29, 1.82) is 0 Å². The van der Waals surface area contributed by atoms with Gasteiger partial charge >= 0.3 is 5.97 Å². The van der Waals surface area contributed by atoms with Crippen LogP contribution < -0.4 is 10.8 Å². The largest absolute Gasteiger partial charge is 0.504 e. The van der Waals surface area contributed by atoms with Gasteiger partial charge in [0.25, 0.3) is 0 Å². The molecule has 0 aromatic carbocycles. The molecule has 3 N–H and O–H groups in total. The smallest absolute Gasteiger partial charge is 0.346 e. The standard InChI is InChI=1S/C22H19N3O5/c26-10-5-11-29-22(28)18-19(27)17(30-20(18)16-7-2-1-3-8-23-16)12-14-13-25-21-15(14)6-4-9-24-21/h1-4,6-9,12-13,26-27H,5,10-11H2,(H,24,25)/b17-12-,20-16?. The van der Waals surface area contributed by atoms with Crippen LogP contribution in [0.5, 0.6) is 5.75 Å². The number of aromatic nitrogens is 2. The Morgan fingerprint density at radius 3 is 3.07 bits per heavy atom. The molecule has 30 heavy (non-hydrogen) atoms. The number of rotatable bonds is 5. The van der Waals surface area contributed by atoms with Gasteiger partial charge in [-0.25, -0.2) is 9.78 Å². The number of aliphatic hydroxyl groups excluding tert-OH is 1. The summed E-state index contributed by atoms with van der Waals surface area (Å²) in [4.78, 5) is 24.2. The predicted octanol–water partition coefficient (Wildman–Crippen LogP) is 1.53. The normalized spacial score (nSPS) is 15.7. The fourth-order valence-corrected chi connectivity index (χ4v) is 3.01. The van der Waals surface area contributed by atoms with Crippen LogP contribution in [0.25, 0.3) is 22.8 Å². The van der Waals surface area contributed by atoms with Crippen LogP contribution in [-0.4, -0.2) is 45.6 Å². The number of aromatic amines is 1. The number of hydrogen-bond acceptors (Lipinski definition) is 7. The summed E-state index contributed by atoms with van der Waals surface area (Å²) in [6.07, 6.45) is 13.8. The van der Waals surface area contributed by atoms with E-state index in [0.717, 1.165) is 10.9 Å². The first-order valence-electron chi connectivity index (χ1n) is 9.34. The van der Waals surface area contributed by atoms with Crippen molar-refractivity contribution < 1.29 is 24.2 Å². The maximum absolute atomic E-state index is 12.7. The van der Waals surface area contributed by atoms with Gasteiger partial charge in [0.15, 0.2) is 22.1 Å². The summed E-state index contributed by atoms with van der Waals surface area (Å²) < 4.78 is 11.0. The van der Waals surface area contributed by atoms with E-state index in [1.54, 1.807) is 55.1 Å². The molecular formula is C22H19N3O5. The SMILES string of the molecule is O=C(OCCCO)c1c(O)/c(=C/c2c[nH]c3ncccc23)oc1=C1C=CC=CC=N1. The minimum absolute atomic E-state index is 0.0164. The Morgan fingerprint density at radius 2 is 2.20 bits per heavy atom. The van der Waals surface area contributed by atoms with Crippen LogP contribution in [0.2, 0.25) is 0 Å². The zero-order valence-corrected chi connectivity index (χ0v) is 15.9. The number of pyridine rings is 1. The Morgan fingerprint density at radius 1 is 1.30 bits per heavy atom. The molecule has 1 aliphatic rings. The van der Waals surface area contributed by atoms with Crippen molar-refractivity contribution in [3.63, 3.8) is 0 Å². The number of carbonyl (C=O) groups excluding carboxylic acids is 1. The van der Waals surface area contributed by atoms with Crippen molar-refractivity contribution in [1.82, 2.24) is 9.97 Å². The van der Waals surface area contributed by atoms with E-state index in [9.17, 15) is 9.90 Å². The van der Waals surface area contributed by atoms with Crippen molar-refractivity contribution in [2.45, 2.75) is 6.42 Å². The summed E-state index contributed by atoms with van der Waals surface area (Å²) in [5, 5.41) is 20.6. The molecule has 4 heterocycles. The highest BCUT2D eigenvalue weighted by Crippen LogP contribution is 2.18. The van der Waals surface area contributed by atoms with Gasteiger partial charge in [-0.2, -0.15) is 0 Å². The summed E-state index contributed by atoms with van der Waals surface area (Å²) in [6.45, 7) is -0.0935. The molecule has 0 unspecified atom stereocenters. The Hall–Kier alpha value is -3.91. The number of ether oxygens (including phenoxy) is 1. The van der Waals surface area contributed by atoms with Crippen LogP contribution in [0.4, 0.5) is 0 Å². The van der Waals surface area contributed by atoms with Gasteiger partial charge in [0, 0.05) is 42.6 Å². The summed E-state index contributed by atoms with van der Waals surface area (Å²) in [6, 6.07) is 3.69. The Labute approximate surface area is 170 Å². The van der Waals surface area contributed by atoms with Crippen molar-refractivity contribution in [3.05, 3.63) is 70.8 Å². The van der Waals surface area contributed by atoms with Crippen molar-refractivity contribution in [3.8, 4) is 5.75 Å². The van der Waals surface area contributed by atoms with Crippen LogP contribution in [0.1, 0.15) is 22.3 Å². The van der Waals surface area contributed by atoms with Gasteiger partial charge < -0.3 is 24.4 Å². The minimum atomic E-state index is -0.756. The second-order valence-corrected chi connectivity index (χ2v) is 6.43. The number of aliphatic hydroxyl groups is 1. The molecule has 0 saturated carbocycles. The lowest BCUT2D eigenvalue weighted by molar-refractivity contribution is 0.0476. The molecule has 0 aliphatic carbocycles. The topological polar surface area (TPSA) is 121 Å². The van der Waals surface area contributed by atoms with Crippen LogP contribution in [0, 0.1) is 0 Å². The molecule has 8 nitrogen and oxygen atoms in total. The van der Waals surface area contributed by atoms with E-state index in [2.05, 4.69) is 15.0 Å². The minimum Gasteiger partial charge on any atom is -0.504 e. The van der Waals surface area contributed by atoms with Crippen LogP contribution in [0.3, 0.4) is 0 Å².